The molecular weight excluding hydrogens is 228 g/mol. The number of carbonyl (C=O) groups is 1. The number of aliphatic carboxylic acids is 1. The van der Waals surface area contributed by atoms with Crippen molar-refractivity contribution < 1.29 is 9.90 Å². The first-order valence-corrected chi connectivity index (χ1v) is 6.08. The molecule has 0 bridgehead atoms. The van der Waals surface area contributed by atoms with Crippen LogP contribution in [0, 0.1) is 5.92 Å². The van der Waals surface area contributed by atoms with Gasteiger partial charge >= 0.3 is 5.97 Å². The molecule has 0 aliphatic carbocycles. The van der Waals surface area contributed by atoms with Gasteiger partial charge in [-0.15, -0.1) is 0 Å². The van der Waals surface area contributed by atoms with Gasteiger partial charge in [0.25, 0.3) is 0 Å². The summed E-state index contributed by atoms with van der Waals surface area (Å²) in [4.78, 5) is 15.4. The van der Waals surface area contributed by atoms with Crippen LogP contribution < -0.4 is 0 Å². The number of aromatic nitrogens is 2. The van der Waals surface area contributed by atoms with E-state index in [1.54, 1.807) is 6.33 Å². The SMILES string of the molecule is O=C(O)C1CCc2c(-c3ccccc3)ncn2C1. The van der Waals surface area contributed by atoms with E-state index in [2.05, 4.69) is 4.98 Å². The van der Waals surface area contributed by atoms with Crippen molar-refractivity contribution in [2.75, 3.05) is 0 Å². The Morgan fingerprint density at radius 3 is 2.83 bits per heavy atom. The largest absolute Gasteiger partial charge is 0.481 e. The number of carboxylic acids is 1. The monoisotopic (exact) mass is 242 g/mol. The van der Waals surface area contributed by atoms with Gasteiger partial charge in [-0.2, -0.15) is 0 Å². The van der Waals surface area contributed by atoms with Crippen LogP contribution in [-0.4, -0.2) is 20.6 Å². The van der Waals surface area contributed by atoms with Crippen LogP contribution in [0.3, 0.4) is 0 Å². The molecule has 1 aliphatic rings. The second-order valence-electron chi connectivity index (χ2n) is 4.63. The average Bonchev–Trinajstić information content (AvgIpc) is 2.82. The molecule has 1 aromatic carbocycles. The van der Waals surface area contributed by atoms with Gasteiger partial charge in [-0.25, -0.2) is 4.98 Å². The van der Waals surface area contributed by atoms with E-state index >= 15 is 0 Å². The van der Waals surface area contributed by atoms with E-state index in [0.29, 0.717) is 13.0 Å². The molecule has 0 saturated carbocycles. The fraction of sp³-hybridized carbons (Fsp3) is 0.286. The minimum absolute atomic E-state index is 0.282. The number of carboxylic acid groups (broad SMARTS) is 1. The van der Waals surface area contributed by atoms with Gasteiger partial charge < -0.3 is 9.67 Å². The summed E-state index contributed by atoms with van der Waals surface area (Å²) in [5.41, 5.74) is 3.23. The van der Waals surface area contributed by atoms with Crippen molar-refractivity contribution in [3.8, 4) is 11.3 Å². The highest BCUT2D eigenvalue weighted by Crippen LogP contribution is 2.28. The van der Waals surface area contributed by atoms with E-state index < -0.39 is 5.97 Å². The van der Waals surface area contributed by atoms with E-state index in [-0.39, 0.29) is 5.92 Å². The maximum atomic E-state index is 11.0. The first-order valence-electron chi connectivity index (χ1n) is 6.08. The standard InChI is InChI=1S/C14H14N2O2/c17-14(18)11-6-7-12-13(15-9-16(12)8-11)10-4-2-1-3-5-10/h1-5,9,11H,6-8H2,(H,17,18). The van der Waals surface area contributed by atoms with E-state index in [9.17, 15) is 4.79 Å². The summed E-state index contributed by atoms with van der Waals surface area (Å²) < 4.78 is 1.98. The first kappa shape index (κ1) is 11.0. The highest BCUT2D eigenvalue weighted by molar-refractivity contribution is 5.70. The number of fused-ring (bicyclic) bond motifs is 1. The Labute approximate surface area is 105 Å². The first-order chi connectivity index (χ1) is 8.75. The van der Waals surface area contributed by atoms with Crippen LogP contribution in [-0.2, 0) is 17.8 Å². The van der Waals surface area contributed by atoms with E-state index in [0.717, 1.165) is 23.4 Å². The second kappa shape index (κ2) is 4.29. The Hall–Kier alpha value is -2.10. The number of nitrogens with zero attached hydrogens (tertiary/aromatic N) is 2. The van der Waals surface area contributed by atoms with Crippen molar-refractivity contribution in [2.24, 2.45) is 5.92 Å². The molecule has 3 rings (SSSR count). The Morgan fingerprint density at radius 2 is 2.11 bits per heavy atom. The third-order valence-electron chi connectivity index (χ3n) is 3.49. The van der Waals surface area contributed by atoms with Crippen molar-refractivity contribution >= 4 is 5.97 Å². The van der Waals surface area contributed by atoms with Crippen molar-refractivity contribution in [3.05, 3.63) is 42.4 Å². The van der Waals surface area contributed by atoms with Gasteiger partial charge in [-0.1, -0.05) is 30.3 Å². The lowest BCUT2D eigenvalue weighted by atomic mass is 9.96. The van der Waals surface area contributed by atoms with E-state index in [4.69, 9.17) is 5.11 Å². The Balaban J connectivity index is 1.96. The summed E-state index contributed by atoms with van der Waals surface area (Å²) in [5, 5.41) is 9.05. The number of imidazole rings is 1. The fourth-order valence-electron chi connectivity index (χ4n) is 2.51. The highest BCUT2D eigenvalue weighted by Gasteiger charge is 2.26. The molecule has 4 nitrogen and oxygen atoms in total. The normalized spacial score (nSPS) is 18.3. The topological polar surface area (TPSA) is 55.1 Å². The molecule has 1 unspecified atom stereocenters. The summed E-state index contributed by atoms with van der Waals surface area (Å²) in [7, 11) is 0. The number of hydrogen-bond donors (Lipinski definition) is 1. The minimum atomic E-state index is -0.712. The lowest BCUT2D eigenvalue weighted by Gasteiger charge is -2.21. The molecule has 2 aromatic rings. The van der Waals surface area contributed by atoms with Crippen molar-refractivity contribution in [3.63, 3.8) is 0 Å². The van der Waals surface area contributed by atoms with Gasteiger partial charge in [0.05, 0.1) is 17.9 Å². The van der Waals surface area contributed by atoms with E-state index in [1.807, 2.05) is 34.9 Å². The van der Waals surface area contributed by atoms with Crippen molar-refractivity contribution in [2.45, 2.75) is 19.4 Å². The zero-order valence-electron chi connectivity index (χ0n) is 9.91. The van der Waals surface area contributed by atoms with Crippen molar-refractivity contribution in [1.29, 1.82) is 0 Å². The van der Waals surface area contributed by atoms with Crippen LogP contribution in [0.15, 0.2) is 36.7 Å². The van der Waals surface area contributed by atoms with Crippen LogP contribution in [0.1, 0.15) is 12.1 Å². The molecule has 4 heteroatoms. The van der Waals surface area contributed by atoms with Gasteiger partial charge in [0, 0.05) is 17.8 Å². The lowest BCUT2D eigenvalue weighted by Crippen LogP contribution is -2.26. The van der Waals surface area contributed by atoms with Crippen LogP contribution in [0.4, 0.5) is 0 Å². The van der Waals surface area contributed by atoms with Gasteiger partial charge in [0.2, 0.25) is 0 Å². The molecule has 1 atom stereocenters. The molecule has 0 radical (unpaired) electrons. The predicted molar refractivity (Wildman–Crippen MR) is 67.1 cm³/mol. The molecule has 0 saturated heterocycles. The molecule has 0 fully saturated rings. The molecular formula is C14H14N2O2. The van der Waals surface area contributed by atoms with Crippen LogP contribution in [0.5, 0.6) is 0 Å². The summed E-state index contributed by atoms with van der Waals surface area (Å²) in [6.07, 6.45) is 3.23. The Morgan fingerprint density at radius 1 is 1.33 bits per heavy atom. The quantitative estimate of drug-likeness (QED) is 0.878. The molecule has 92 valence electrons. The van der Waals surface area contributed by atoms with Gasteiger partial charge in [-0.3, -0.25) is 4.79 Å². The molecule has 1 aromatic heterocycles. The average molecular weight is 242 g/mol. The molecule has 18 heavy (non-hydrogen) atoms. The maximum absolute atomic E-state index is 11.0. The molecule has 1 N–H and O–H groups in total. The summed E-state index contributed by atoms with van der Waals surface area (Å²) in [6.45, 7) is 0.532. The Kier molecular flexibility index (Phi) is 2.63. The molecule has 0 spiro atoms. The number of benzene rings is 1. The zero-order valence-corrected chi connectivity index (χ0v) is 9.91. The summed E-state index contributed by atoms with van der Waals surface area (Å²) in [5.74, 6) is -0.995. The van der Waals surface area contributed by atoms with Crippen molar-refractivity contribution in [1.82, 2.24) is 9.55 Å². The zero-order chi connectivity index (χ0) is 12.5. The van der Waals surface area contributed by atoms with Gasteiger partial charge in [0.1, 0.15) is 0 Å². The maximum Gasteiger partial charge on any atom is 0.308 e. The van der Waals surface area contributed by atoms with Crippen LogP contribution in [0.25, 0.3) is 11.3 Å². The highest BCUT2D eigenvalue weighted by atomic mass is 16.4. The van der Waals surface area contributed by atoms with Crippen LogP contribution >= 0.6 is 0 Å². The fourth-order valence-corrected chi connectivity index (χ4v) is 2.51. The van der Waals surface area contributed by atoms with E-state index in [1.165, 1.54) is 0 Å². The third kappa shape index (κ3) is 1.79. The van der Waals surface area contributed by atoms with Crippen LogP contribution in [0.2, 0.25) is 0 Å². The minimum Gasteiger partial charge on any atom is -0.481 e. The molecule has 0 amide bonds. The third-order valence-corrected chi connectivity index (χ3v) is 3.49. The predicted octanol–water partition coefficient (Wildman–Crippen LogP) is 2.20. The Bertz CT molecular complexity index is 575. The van der Waals surface area contributed by atoms with Gasteiger partial charge in [0.15, 0.2) is 0 Å². The smallest absolute Gasteiger partial charge is 0.308 e. The van der Waals surface area contributed by atoms with Gasteiger partial charge in [-0.05, 0) is 12.8 Å². The second-order valence-corrected chi connectivity index (χ2v) is 4.63. The summed E-state index contributed by atoms with van der Waals surface area (Å²) >= 11 is 0. The summed E-state index contributed by atoms with van der Waals surface area (Å²) in [6, 6.07) is 10.0. The molecule has 2 heterocycles. The number of rotatable bonds is 2. The molecule has 1 aliphatic heterocycles. The lowest BCUT2D eigenvalue weighted by molar-refractivity contribution is -0.142. The number of hydrogen-bond acceptors (Lipinski definition) is 2.